The third-order valence-electron chi connectivity index (χ3n) is 2.59. The number of nitrogens with zero attached hydrogens (tertiary/aromatic N) is 3. The molecule has 0 aliphatic carbocycles. The summed E-state index contributed by atoms with van der Waals surface area (Å²) < 4.78 is 0. The standard InChI is InChI=1S/C11H15N5O2S/c1-2-19-4-3-7(11(17)18)16-10-8-9(13-5-12-8)14-6-15-10/h5-7H,2-4H2,1H3,(H,17,18)(H2,12,13,14,15,16). The Bertz CT molecular complexity index is 559. The van der Waals surface area contributed by atoms with Crippen LogP contribution >= 0.6 is 11.8 Å². The highest BCUT2D eigenvalue weighted by atomic mass is 32.2. The lowest BCUT2D eigenvalue weighted by Gasteiger charge is -2.14. The Morgan fingerprint density at radius 2 is 2.37 bits per heavy atom. The Labute approximate surface area is 114 Å². The van der Waals surface area contributed by atoms with Gasteiger partial charge in [-0.1, -0.05) is 6.92 Å². The number of aromatic nitrogens is 4. The van der Waals surface area contributed by atoms with E-state index >= 15 is 0 Å². The first-order valence-corrected chi connectivity index (χ1v) is 7.09. The first-order valence-electron chi connectivity index (χ1n) is 5.93. The zero-order valence-corrected chi connectivity index (χ0v) is 11.3. The van der Waals surface area contributed by atoms with Crippen molar-refractivity contribution in [1.29, 1.82) is 0 Å². The Balaban J connectivity index is 2.12. The molecule has 0 bridgehead atoms. The lowest BCUT2D eigenvalue weighted by atomic mass is 10.2. The van der Waals surface area contributed by atoms with Gasteiger partial charge in [-0.2, -0.15) is 11.8 Å². The van der Waals surface area contributed by atoms with Gasteiger partial charge in [-0.25, -0.2) is 19.7 Å². The molecule has 1 unspecified atom stereocenters. The van der Waals surface area contributed by atoms with E-state index in [0.717, 1.165) is 11.5 Å². The maximum atomic E-state index is 11.2. The highest BCUT2D eigenvalue weighted by molar-refractivity contribution is 7.99. The van der Waals surface area contributed by atoms with Crippen molar-refractivity contribution in [2.75, 3.05) is 16.8 Å². The van der Waals surface area contributed by atoms with Crippen molar-refractivity contribution >= 4 is 34.7 Å². The number of fused-ring (bicyclic) bond motifs is 1. The zero-order chi connectivity index (χ0) is 13.7. The van der Waals surface area contributed by atoms with Crippen molar-refractivity contribution in [1.82, 2.24) is 19.9 Å². The molecule has 0 spiro atoms. The third-order valence-corrected chi connectivity index (χ3v) is 3.52. The first kappa shape index (κ1) is 13.6. The summed E-state index contributed by atoms with van der Waals surface area (Å²) in [5.41, 5.74) is 1.14. The molecule has 2 rings (SSSR count). The van der Waals surface area contributed by atoms with Gasteiger partial charge < -0.3 is 15.4 Å². The number of aromatic amines is 1. The number of anilines is 1. The van der Waals surface area contributed by atoms with Crippen molar-refractivity contribution in [3.63, 3.8) is 0 Å². The van der Waals surface area contributed by atoms with Crippen LogP contribution in [0.3, 0.4) is 0 Å². The number of rotatable bonds is 7. The summed E-state index contributed by atoms with van der Waals surface area (Å²) in [6.07, 6.45) is 3.41. The molecule has 8 heteroatoms. The zero-order valence-electron chi connectivity index (χ0n) is 10.5. The number of nitrogens with one attached hydrogen (secondary N) is 2. The molecule has 3 N–H and O–H groups in total. The van der Waals surface area contributed by atoms with Crippen LogP contribution in [0.1, 0.15) is 13.3 Å². The summed E-state index contributed by atoms with van der Waals surface area (Å²) in [7, 11) is 0. The number of carbonyl (C=O) groups is 1. The second-order valence-electron chi connectivity index (χ2n) is 3.84. The topological polar surface area (TPSA) is 104 Å². The molecule has 2 aromatic heterocycles. The fourth-order valence-corrected chi connectivity index (χ4v) is 2.33. The normalized spacial score (nSPS) is 12.5. The first-order chi connectivity index (χ1) is 9.22. The SMILES string of the molecule is CCSCCC(Nc1ncnc2nc[nH]c12)C(=O)O. The van der Waals surface area contributed by atoms with Gasteiger partial charge in [0, 0.05) is 0 Å². The summed E-state index contributed by atoms with van der Waals surface area (Å²) in [6.45, 7) is 2.05. The number of carboxylic acid groups (broad SMARTS) is 1. The van der Waals surface area contributed by atoms with Crippen molar-refractivity contribution < 1.29 is 9.90 Å². The molecule has 7 nitrogen and oxygen atoms in total. The van der Waals surface area contributed by atoms with Crippen LogP contribution in [0.15, 0.2) is 12.7 Å². The largest absolute Gasteiger partial charge is 0.480 e. The predicted molar refractivity (Wildman–Crippen MR) is 74.3 cm³/mol. The van der Waals surface area contributed by atoms with Crippen LogP contribution in [0.25, 0.3) is 11.2 Å². The predicted octanol–water partition coefficient (Wildman–Crippen LogP) is 1.36. The quantitative estimate of drug-likeness (QED) is 0.658. The van der Waals surface area contributed by atoms with E-state index in [4.69, 9.17) is 0 Å². The summed E-state index contributed by atoms with van der Waals surface area (Å²) in [5, 5.41) is 12.1. The van der Waals surface area contributed by atoms with Crippen LogP contribution in [0.4, 0.5) is 5.82 Å². The van der Waals surface area contributed by atoms with Gasteiger partial charge in [0.25, 0.3) is 0 Å². The van der Waals surface area contributed by atoms with Crippen LogP contribution < -0.4 is 5.32 Å². The monoisotopic (exact) mass is 281 g/mol. The highest BCUT2D eigenvalue weighted by Gasteiger charge is 2.19. The van der Waals surface area contributed by atoms with Crippen LogP contribution in [0.5, 0.6) is 0 Å². The molecule has 0 fully saturated rings. The molecule has 0 amide bonds. The molecule has 0 radical (unpaired) electrons. The minimum absolute atomic E-state index is 0.469. The van der Waals surface area contributed by atoms with Crippen LogP contribution in [-0.4, -0.2) is 48.6 Å². The van der Waals surface area contributed by atoms with Gasteiger partial charge in [0.1, 0.15) is 17.9 Å². The summed E-state index contributed by atoms with van der Waals surface area (Å²) in [5.74, 6) is 1.35. The molecule has 2 aromatic rings. The minimum Gasteiger partial charge on any atom is -0.480 e. The van der Waals surface area contributed by atoms with E-state index in [2.05, 4.69) is 25.3 Å². The Morgan fingerprint density at radius 3 is 3.11 bits per heavy atom. The fraction of sp³-hybridized carbons (Fsp3) is 0.455. The maximum absolute atomic E-state index is 11.2. The molecular formula is C11H15N5O2S. The molecule has 1 atom stereocenters. The van der Waals surface area contributed by atoms with E-state index in [0.29, 0.717) is 23.4 Å². The van der Waals surface area contributed by atoms with E-state index in [1.165, 1.54) is 12.7 Å². The van der Waals surface area contributed by atoms with Gasteiger partial charge >= 0.3 is 5.97 Å². The van der Waals surface area contributed by atoms with E-state index in [1.54, 1.807) is 11.8 Å². The molecule has 19 heavy (non-hydrogen) atoms. The van der Waals surface area contributed by atoms with Crippen molar-refractivity contribution in [3.8, 4) is 0 Å². The van der Waals surface area contributed by atoms with E-state index in [9.17, 15) is 9.90 Å². The molecular weight excluding hydrogens is 266 g/mol. The molecule has 0 aliphatic rings. The Morgan fingerprint density at radius 1 is 1.53 bits per heavy atom. The lowest BCUT2D eigenvalue weighted by Crippen LogP contribution is -2.30. The van der Waals surface area contributed by atoms with Crippen LogP contribution in [-0.2, 0) is 4.79 Å². The van der Waals surface area contributed by atoms with Gasteiger partial charge in [0.2, 0.25) is 0 Å². The van der Waals surface area contributed by atoms with E-state index in [-0.39, 0.29) is 0 Å². The van der Waals surface area contributed by atoms with Crippen molar-refractivity contribution in [2.45, 2.75) is 19.4 Å². The van der Waals surface area contributed by atoms with Crippen LogP contribution in [0, 0.1) is 0 Å². The van der Waals surface area contributed by atoms with E-state index < -0.39 is 12.0 Å². The maximum Gasteiger partial charge on any atom is 0.326 e. The second-order valence-corrected chi connectivity index (χ2v) is 5.24. The summed E-state index contributed by atoms with van der Waals surface area (Å²) >= 11 is 1.71. The average molecular weight is 281 g/mol. The van der Waals surface area contributed by atoms with Gasteiger partial charge in [0.05, 0.1) is 6.33 Å². The minimum atomic E-state index is -0.886. The average Bonchev–Trinajstić information content (AvgIpc) is 2.86. The smallest absolute Gasteiger partial charge is 0.326 e. The molecule has 2 heterocycles. The Kier molecular flexibility index (Phi) is 4.56. The number of carboxylic acids is 1. The van der Waals surface area contributed by atoms with Gasteiger partial charge in [0.15, 0.2) is 11.5 Å². The molecule has 0 aliphatic heterocycles. The molecule has 102 valence electrons. The number of hydrogen-bond donors (Lipinski definition) is 3. The lowest BCUT2D eigenvalue weighted by molar-refractivity contribution is -0.137. The van der Waals surface area contributed by atoms with Gasteiger partial charge in [-0.3, -0.25) is 0 Å². The summed E-state index contributed by atoms with van der Waals surface area (Å²) in [4.78, 5) is 26.2. The molecule has 0 saturated carbocycles. The Hall–Kier alpha value is -1.83. The number of imidazole rings is 1. The number of thioether (sulfide) groups is 1. The van der Waals surface area contributed by atoms with Crippen molar-refractivity contribution in [2.24, 2.45) is 0 Å². The van der Waals surface area contributed by atoms with Gasteiger partial charge in [-0.15, -0.1) is 0 Å². The number of hydrogen-bond acceptors (Lipinski definition) is 6. The number of H-pyrrole nitrogens is 1. The summed E-state index contributed by atoms with van der Waals surface area (Å²) in [6, 6.07) is -0.666. The van der Waals surface area contributed by atoms with Gasteiger partial charge in [-0.05, 0) is 17.9 Å². The third kappa shape index (κ3) is 3.34. The molecule has 0 saturated heterocycles. The number of aliphatic carboxylic acids is 1. The second kappa shape index (κ2) is 6.37. The van der Waals surface area contributed by atoms with Crippen LogP contribution in [0.2, 0.25) is 0 Å². The van der Waals surface area contributed by atoms with E-state index in [1.807, 2.05) is 6.92 Å². The fourth-order valence-electron chi connectivity index (χ4n) is 1.64. The molecule has 0 aromatic carbocycles. The van der Waals surface area contributed by atoms with Crippen molar-refractivity contribution in [3.05, 3.63) is 12.7 Å². The highest BCUT2D eigenvalue weighted by Crippen LogP contribution is 2.17.